The number of hydrogen-bond donors (Lipinski definition) is 0. The molecule has 0 amide bonds. The highest BCUT2D eigenvalue weighted by atomic mass is 16.5. The summed E-state index contributed by atoms with van der Waals surface area (Å²) in [5, 5.41) is 1.75. The molecule has 2 aromatic carbocycles. The molecule has 5 heteroatoms. The number of rotatable bonds is 5. The topological polar surface area (TPSA) is 54.0 Å². The van der Waals surface area contributed by atoms with Gasteiger partial charge in [0, 0.05) is 13.0 Å². The maximum atomic E-state index is 10.9. The summed E-state index contributed by atoms with van der Waals surface area (Å²) in [6.07, 6.45) is 0. The number of carbonyl (C=O) groups excluding carboxylic acids is 1. The fraction of sp³-hybridized carbons (Fsp3) is 0.312. The summed E-state index contributed by atoms with van der Waals surface area (Å²) in [7, 11) is 4.79. The Kier molecular flexibility index (Phi) is 4.52. The molecule has 0 aliphatic rings. The maximum Gasteiger partial charge on any atom is 0.302 e. The van der Waals surface area contributed by atoms with Gasteiger partial charge in [-0.15, -0.1) is 0 Å². The molecule has 0 aliphatic heterocycles. The molecule has 5 nitrogen and oxygen atoms in total. The van der Waals surface area contributed by atoms with Crippen LogP contribution in [0.3, 0.4) is 0 Å². The van der Waals surface area contributed by atoms with Crippen molar-refractivity contribution in [2.45, 2.75) is 13.5 Å². The Morgan fingerprint density at radius 2 is 1.62 bits per heavy atom. The lowest BCUT2D eigenvalue weighted by Crippen LogP contribution is -2.00. The zero-order valence-corrected chi connectivity index (χ0v) is 12.6. The Labute approximate surface area is 123 Å². The average Bonchev–Trinajstić information content (AvgIpc) is 2.50. The Hall–Kier alpha value is -2.43. The molecule has 0 aromatic heterocycles. The van der Waals surface area contributed by atoms with Gasteiger partial charge in [0.1, 0.15) is 23.9 Å². The lowest BCUT2D eigenvalue weighted by molar-refractivity contribution is -0.142. The van der Waals surface area contributed by atoms with Crippen molar-refractivity contribution in [2.24, 2.45) is 0 Å². The van der Waals surface area contributed by atoms with Crippen LogP contribution in [0.4, 0.5) is 0 Å². The number of carbonyl (C=O) groups is 1. The third kappa shape index (κ3) is 3.18. The van der Waals surface area contributed by atoms with Gasteiger partial charge in [-0.3, -0.25) is 4.79 Å². The first-order valence-electron chi connectivity index (χ1n) is 6.45. The minimum atomic E-state index is -0.322. The summed E-state index contributed by atoms with van der Waals surface area (Å²) >= 11 is 0. The maximum absolute atomic E-state index is 10.9. The van der Waals surface area contributed by atoms with E-state index in [9.17, 15) is 4.79 Å². The van der Waals surface area contributed by atoms with Gasteiger partial charge < -0.3 is 18.9 Å². The molecule has 112 valence electrons. The molecule has 0 saturated carbocycles. The van der Waals surface area contributed by atoms with Crippen LogP contribution < -0.4 is 14.2 Å². The van der Waals surface area contributed by atoms with Crippen molar-refractivity contribution in [3.05, 3.63) is 29.8 Å². The van der Waals surface area contributed by atoms with E-state index in [2.05, 4.69) is 0 Å². The number of ether oxygens (including phenoxy) is 4. The SMILES string of the molecule is COc1cc(OC)c2c(OC)cc(COC(C)=O)cc2c1. The fourth-order valence-electron chi connectivity index (χ4n) is 2.18. The number of methoxy groups -OCH3 is 3. The second-order valence-electron chi connectivity index (χ2n) is 4.51. The molecule has 0 saturated heterocycles. The Bertz CT molecular complexity index is 663. The van der Waals surface area contributed by atoms with Crippen molar-refractivity contribution >= 4 is 16.7 Å². The molecule has 0 unspecified atom stereocenters. The van der Waals surface area contributed by atoms with E-state index in [4.69, 9.17) is 18.9 Å². The average molecular weight is 290 g/mol. The van der Waals surface area contributed by atoms with Crippen LogP contribution in [0.1, 0.15) is 12.5 Å². The lowest BCUT2D eigenvalue weighted by Gasteiger charge is -2.14. The largest absolute Gasteiger partial charge is 0.497 e. The first-order chi connectivity index (χ1) is 10.1. The minimum Gasteiger partial charge on any atom is -0.497 e. The van der Waals surface area contributed by atoms with Gasteiger partial charge in [-0.1, -0.05) is 0 Å². The smallest absolute Gasteiger partial charge is 0.302 e. The summed E-state index contributed by atoms with van der Waals surface area (Å²) < 4.78 is 21.1. The van der Waals surface area contributed by atoms with Crippen molar-refractivity contribution in [1.29, 1.82) is 0 Å². The third-order valence-electron chi connectivity index (χ3n) is 3.13. The van der Waals surface area contributed by atoms with Gasteiger partial charge in [0.05, 0.1) is 26.7 Å². The molecule has 0 N–H and O–H groups in total. The summed E-state index contributed by atoms with van der Waals surface area (Å²) in [4.78, 5) is 10.9. The van der Waals surface area contributed by atoms with Crippen LogP contribution >= 0.6 is 0 Å². The predicted octanol–water partition coefficient (Wildman–Crippen LogP) is 2.93. The van der Waals surface area contributed by atoms with Gasteiger partial charge >= 0.3 is 5.97 Å². The van der Waals surface area contributed by atoms with Crippen LogP contribution in [0.15, 0.2) is 24.3 Å². The summed E-state index contributed by atoms with van der Waals surface area (Å²) in [6, 6.07) is 7.44. The van der Waals surface area contributed by atoms with Gasteiger partial charge in [-0.25, -0.2) is 0 Å². The fourth-order valence-corrected chi connectivity index (χ4v) is 2.18. The number of esters is 1. The first kappa shape index (κ1) is 15.0. The van der Waals surface area contributed by atoms with Crippen LogP contribution in [0.25, 0.3) is 10.8 Å². The van der Waals surface area contributed by atoms with E-state index in [1.165, 1.54) is 6.92 Å². The van der Waals surface area contributed by atoms with Crippen molar-refractivity contribution < 1.29 is 23.7 Å². The zero-order valence-electron chi connectivity index (χ0n) is 12.6. The predicted molar refractivity (Wildman–Crippen MR) is 79.1 cm³/mol. The van der Waals surface area contributed by atoms with Crippen LogP contribution in [-0.4, -0.2) is 27.3 Å². The minimum absolute atomic E-state index is 0.196. The van der Waals surface area contributed by atoms with Gasteiger partial charge in [0.25, 0.3) is 0 Å². The van der Waals surface area contributed by atoms with Gasteiger partial charge in [0.15, 0.2) is 0 Å². The van der Waals surface area contributed by atoms with Gasteiger partial charge in [0.2, 0.25) is 0 Å². The third-order valence-corrected chi connectivity index (χ3v) is 3.13. The van der Waals surface area contributed by atoms with E-state index in [0.717, 1.165) is 16.3 Å². The molecule has 0 fully saturated rings. The number of hydrogen-bond acceptors (Lipinski definition) is 5. The van der Waals surface area contributed by atoms with E-state index in [1.807, 2.05) is 18.2 Å². The molecule has 0 radical (unpaired) electrons. The van der Waals surface area contributed by atoms with Gasteiger partial charge in [-0.05, 0) is 29.1 Å². The molecule has 0 heterocycles. The normalized spacial score (nSPS) is 10.3. The van der Waals surface area contributed by atoms with Gasteiger partial charge in [-0.2, -0.15) is 0 Å². The van der Waals surface area contributed by atoms with Crippen LogP contribution in [0.2, 0.25) is 0 Å². The van der Waals surface area contributed by atoms with Crippen molar-refractivity contribution in [1.82, 2.24) is 0 Å². The van der Waals surface area contributed by atoms with E-state index in [-0.39, 0.29) is 12.6 Å². The Morgan fingerprint density at radius 1 is 0.952 bits per heavy atom. The molecule has 0 bridgehead atoms. The van der Waals surface area contributed by atoms with Crippen molar-refractivity contribution in [3.8, 4) is 17.2 Å². The van der Waals surface area contributed by atoms with E-state index in [1.54, 1.807) is 27.4 Å². The first-order valence-corrected chi connectivity index (χ1v) is 6.45. The summed E-state index contributed by atoms with van der Waals surface area (Å²) in [5.41, 5.74) is 0.838. The molecular formula is C16H18O5. The van der Waals surface area contributed by atoms with Crippen LogP contribution in [-0.2, 0) is 16.1 Å². The standard InChI is InChI=1S/C16H18O5/c1-10(17)21-9-11-5-12-7-13(18-2)8-15(20-4)16(12)14(6-11)19-3/h5-8H,9H2,1-4H3. The highest BCUT2D eigenvalue weighted by molar-refractivity contribution is 5.95. The number of benzene rings is 2. The molecule has 2 rings (SSSR count). The van der Waals surface area contributed by atoms with Crippen LogP contribution in [0, 0.1) is 0 Å². The summed E-state index contributed by atoms with van der Waals surface area (Å²) in [5.74, 6) is 1.69. The lowest BCUT2D eigenvalue weighted by atomic mass is 10.0. The molecule has 0 atom stereocenters. The van der Waals surface area contributed by atoms with E-state index in [0.29, 0.717) is 17.2 Å². The highest BCUT2D eigenvalue weighted by Crippen LogP contribution is 2.38. The molecular weight excluding hydrogens is 272 g/mol. The second kappa shape index (κ2) is 6.35. The summed E-state index contributed by atoms with van der Waals surface area (Å²) in [6.45, 7) is 1.57. The molecule has 0 spiro atoms. The molecule has 2 aromatic rings. The quantitative estimate of drug-likeness (QED) is 0.792. The van der Waals surface area contributed by atoms with Crippen LogP contribution in [0.5, 0.6) is 17.2 Å². The molecule has 21 heavy (non-hydrogen) atoms. The number of fused-ring (bicyclic) bond motifs is 1. The van der Waals surface area contributed by atoms with E-state index < -0.39 is 0 Å². The Balaban J connectivity index is 2.59. The van der Waals surface area contributed by atoms with Crippen molar-refractivity contribution in [2.75, 3.05) is 21.3 Å². The van der Waals surface area contributed by atoms with E-state index >= 15 is 0 Å². The van der Waals surface area contributed by atoms with Crippen molar-refractivity contribution in [3.63, 3.8) is 0 Å². The monoisotopic (exact) mass is 290 g/mol. The highest BCUT2D eigenvalue weighted by Gasteiger charge is 2.13. The second-order valence-corrected chi connectivity index (χ2v) is 4.51. The molecule has 0 aliphatic carbocycles. The Morgan fingerprint density at radius 3 is 2.19 bits per heavy atom. The zero-order chi connectivity index (χ0) is 15.4.